The Kier molecular flexibility index (Phi) is 6.91. The molecule has 7 nitrogen and oxygen atoms in total. The zero-order valence-electron chi connectivity index (χ0n) is 15.8. The van der Waals surface area contributed by atoms with Gasteiger partial charge in [0.15, 0.2) is 5.11 Å². The molecule has 2 aromatic carbocycles. The van der Waals surface area contributed by atoms with E-state index in [1.807, 2.05) is 12.1 Å². The first-order chi connectivity index (χ1) is 14.5. The third-order valence-electron chi connectivity index (χ3n) is 4.00. The lowest BCUT2D eigenvalue weighted by Crippen LogP contribution is -2.19. The number of anilines is 2. The number of hydrogen-bond donors (Lipinski definition) is 2. The summed E-state index contributed by atoms with van der Waals surface area (Å²) in [6, 6.07) is 13.3. The standard InChI is InChI=1S/C20H18F2N4O3S/c1-28-18(27)15-7-3-2-6-13(15)11-26-12-14(10-23-26)24-20(30)25-16-8-4-5-9-17(16)29-19(21)22/h2-10,12,19H,11H2,1H3,(H2,24,25,30). The van der Waals surface area contributed by atoms with Crippen LogP contribution in [0, 0.1) is 0 Å². The fourth-order valence-electron chi connectivity index (χ4n) is 2.71. The third kappa shape index (κ3) is 5.51. The summed E-state index contributed by atoms with van der Waals surface area (Å²) in [6.07, 6.45) is 3.25. The van der Waals surface area contributed by atoms with E-state index in [1.165, 1.54) is 13.2 Å². The van der Waals surface area contributed by atoms with Crippen molar-refractivity contribution in [3.63, 3.8) is 0 Å². The van der Waals surface area contributed by atoms with E-state index in [2.05, 4.69) is 20.5 Å². The van der Waals surface area contributed by atoms with Gasteiger partial charge in [0.05, 0.1) is 36.8 Å². The van der Waals surface area contributed by atoms with Crippen LogP contribution in [0.5, 0.6) is 5.75 Å². The van der Waals surface area contributed by atoms with Gasteiger partial charge in [-0.15, -0.1) is 0 Å². The molecule has 0 aliphatic carbocycles. The predicted octanol–water partition coefficient (Wildman–Crippen LogP) is 4.13. The van der Waals surface area contributed by atoms with Gasteiger partial charge in [-0.3, -0.25) is 4.68 Å². The number of aromatic nitrogens is 2. The quantitative estimate of drug-likeness (QED) is 0.429. The van der Waals surface area contributed by atoms with Crippen LogP contribution >= 0.6 is 12.2 Å². The SMILES string of the molecule is COC(=O)c1ccccc1Cn1cc(NC(=S)Nc2ccccc2OC(F)F)cn1. The number of benzene rings is 2. The van der Waals surface area contributed by atoms with Gasteiger partial charge < -0.3 is 20.1 Å². The molecule has 0 fully saturated rings. The van der Waals surface area contributed by atoms with Crippen LogP contribution in [0.4, 0.5) is 20.2 Å². The molecule has 0 atom stereocenters. The fraction of sp³-hybridized carbons (Fsp3) is 0.150. The molecule has 0 spiro atoms. The Morgan fingerprint density at radius 1 is 1.17 bits per heavy atom. The van der Waals surface area contributed by atoms with Crippen LogP contribution in [0.25, 0.3) is 0 Å². The number of carbonyl (C=O) groups excluding carboxylic acids is 1. The summed E-state index contributed by atoms with van der Waals surface area (Å²) >= 11 is 5.24. The minimum Gasteiger partial charge on any atom is -0.465 e. The van der Waals surface area contributed by atoms with Gasteiger partial charge >= 0.3 is 12.6 Å². The van der Waals surface area contributed by atoms with Gasteiger partial charge in [-0.1, -0.05) is 30.3 Å². The van der Waals surface area contributed by atoms with Crippen molar-refractivity contribution in [2.24, 2.45) is 0 Å². The van der Waals surface area contributed by atoms with Crippen molar-refractivity contribution in [1.29, 1.82) is 0 Å². The van der Waals surface area contributed by atoms with Crippen LogP contribution in [-0.4, -0.2) is 34.6 Å². The maximum absolute atomic E-state index is 12.5. The lowest BCUT2D eigenvalue weighted by atomic mass is 10.1. The van der Waals surface area contributed by atoms with Gasteiger partial charge in [0, 0.05) is 6.20 Å². The Balaban J connectivity index is 1.65. The zero-order chi connectivity index (χ0) is 21.5. The summed E-state index contributed by atoms with van der Waals surface area (Å²) in [4.78, 5) is 11.9. The number of hydrogen-bond acceptors (Lipinski definition) is 5. The highest BCUT2D eigenvalue weighted by Gasteiger charge is 2.13. The molecule has 1 heterocycles. The maximum Gasteiger partial charge on any atom is 0.387 e. The monoisotopic (exact) mass is 432 g/mol. The number of esters is 1. The molecule has 156 valence electrons. The molecule has 10 heteroatoms. The largest absolute Gasteiger partial charge is 0.465 e. The molecule has 30 heavy (non-hydrogen) atoms. The van der Waals surface area contributed by atoms with Gasteiger partial charge in [-0.25, -0.2) is 4.79 Å². The molecular weight excluding hydrogens is 414 g/mol. The van der Waals surface area contributed by atoms with Crippen LogP contribution < -0.4 is 15.4 Å². The predicted molar refractivity (Wildman–Crippen MR) is 112 cm³/mol. The van der Waals surface area contributed by atoms with Crippen molar-refractivity contribution in [3.8, 4) is 5.75 Å². The lowest BCUT2D eigenvalue weighted by Gasteiger charge is -2.13. The maximum atomic E-state index is 12.5. The number of alkyl halides is 2. The summed E-state index contributed by atoms with van der Waals surface area (Å²) in [6.45, 7) is -2.60. The molecule has 2 N–H and O–H groups in total. The van der Waals surface area contributed by atoms with Crippen molar-refractivity contribution < 1.29 is 23.0 Å². The number of ether oxygens (including phenoxy) is 2. The van der Waals surface area contributed by atoms with Gasteiger partial charge in [0.1, 0.15) is 5.75 Å². The molecule has 0 aliphatic heterocycles. The van der Waals surface area contributed by atoms with Gasteiger partial charge in [-0.2, -0.15) is 13.9 Å². The van der Waals surface area contributed by atoms with E-state index in [1.54, 1.807) is 47.4 Å². The number of nitrogens with one attached hydrogen (secondary N) is 2. The number of para-hydroxylation sites is 2. The van der Waals surface area contributed by atoms with E-state index in [9.17, 15) is 13.6 Å². The summed E-state index contributed by atoms with van der Waals surface area (Å²) in [5, 5.41) is 10.2. The topological polar surface area (TPSA) is 77.4 Å². The van der Waals surface area contributed by atoms with Crippen molar-refractivity contribution in [2.45, 2.75) is 13.2 Å². The molecular formula is C20H18F2N4O3S. The average Bonchev–Trinajstić information content (AvgIpc) is 3.15. The average molecular weight is 432 g/mol. The van der Waals surface area contributed by atoms with E-state index < -0.39 is 12.6 Å². The van der Waals surface area contributed by atoms with Crippen LogP contribution in [0.15, 0.2) is 60.9 Å². The first-order valence-electron chi connectivity index (χ1n) is 8.77. The number of halogens is 2. The van der Waals surface area contributed by atoms with Gasteiger partial charge in [0.2, 0.25) is 0 Å². The minimum absolute atomic E-state index is 0.0215. The Morgan fingerprint density at radius 2 is 1.90 bits per heavy atom. The second-order valence-electron chi connectivity index (χ2n) is 6.03. The highest BCUT2D eigenvalue weighted by molar-refractivity contribution is 7.80. The van der Waals surface area contributed by atoms with E-state index >= 15 is 0 Å². The molecule has 1 aromatic heterocycles. The van der Waals surface area contributed by atoms with Crippen molar-refractivity contribution in [3.05, 3.63) is 72.1 Å². The molecule has 3 rings (SSSR count). The number of rotatable bonds is 7. The van der Waals surface area contributed by atoms with Crippen LogP contribution in [0.2, 0.25) is 0 Å². The van der Waals surface area contributed by atoms with Crippen LogP contribution in [0.3, 0.4) is 0 Å². The fourth-order valence-corrected chi connectivity index (χ4v) is 2.94. The van der Waals surface area contributed by atoms with Crippen molar-refractivity contribution >= 4 is 34.7 Å². The molecule has 3 aromatic rings. The summed E-state index contributed by atoms with van der Waals surface area (Å²) in [5.41, 5.74) is 2.08. The number of thiocarbonyl (C=S) groups is 1. The number of carbonyl (C=O) groups is 1. The molecule has 0 unspecified atom stereocenters. The third-order valence-corrected chi connectivity index (χ3v) is 4.20. The van der Waals surface area contributed by atoms with E-state index in [4.69, 9.17) is 17.0 Å². The van der Waals surface area contributed by atoms with Gasteiger partial charge in [0.25, 0.3) is 0 Å². The van der Waals surface area contributed by atoms with E-state index in [0.29, 0.717) is 23.5 Å². The second kappa shape index (κ2) is 9.79. The number of methoxy groups -OCH3 is 1. The molecule has 0 radical (unpaired) electrons. The molecule has 0 saturated carbocycles. The summed E-state index contributed by atoms with van der Waals surface area (Å²) < 4.78 is 36.0. The molecule has 0 saturated heterocycles. The first kappa shape index (κ1) is 21.2. The summed E-state index contributed by atoms with van der Waals surface area (Å²) in [5.74, 6) is -0.446. The van der Waals surface area contributed by atoms with Gasteiger partial charge in [-0.05, 0) is 36.0 Å². The highest BCUT2D eigenvalue weighted by Crippen LogP contribution is 2.25. The first-order valence-corrected chi connectivity index (χ1v) is 9.17. The zero-order valence-corrected chi connectivity index (χ0v) is 16.7. The van der Waals surface area contributed by atoms with E-state index in [-0.39, 0.29) is 10.9 Å². The molecule has 0 bridgehead atoms. The lowest BCUT2D eigenvalue weighted by molar-refractivity contribution is -0.0493. The van der Waals surface area contributed by atoms with Crippen LogP contribution in [0.1, 0.15) is 15.9 Å². The second-order valence-corrected chi connectivity index (χ2v) is 6.44. The van der Waals surface area contributed by atoms with Crippen molar-refractivity contribution in [1.82, 2.24) is 9.78 Å². The normalized spacial score (nSPS) is 10.5. The Labute approximate surface area is 176 Å². The Morgan fingerprint density at radius 3 is 2.67 bits per heavy atom. The van der Waals surface area contributed by atoms with Crippen LogP contribution in [-0.2, 0) is 11.3 Å². The Bertz CT molecular complexity index is 1040. The highest BCUT2D eigenvalue weighted by atomic mass is 32.1. The Hall–Kier alpha value is -3.53. The molecule has 0 amide bonds. The summed E-state index contributed by atoms with van der Waals surface area (Å²) in [7, 11) is 1.33. The van der Waals surface area contributed by atoms with E-state index in [0.717, 1.165) is 5.56 Å². The smallest absolute Gasteiger partial charge is 0.387 e. The number of nitrogens with zero attached hydrogens (tertiary/aromatic N) is 2. The van der Waals surface area contributed by atoms with Crippen molar-refractivity contribution in [2.75, 3.05) is 17.7 Å². The minimum atomic E-state index is -2.94. The molecule has 0 aliphatic rings.